The Morgan fingerprint density at radius 1 is 1.24 bits per heavy atom. The van der Waals surface area contributed by atoms with E-state index in [4.69, 9.17) is 10.2 Å². The number of carbonyl (C=O) groups is 1. The van der Waals surface area contributed by atoms with Gasteiger partial charge in [-0.3, -0.25) is 4.79 Å². The van der Waals surface area contributed by atoms with Crippen LogP contribution in [0.25, 0.3) is 0 Å². The van der Waals surface area contributed by atoms with Crippen molar-refractivity contribution in [3.63, 3.8) is 0 Å². The summed E-state index contributed by atoms with van der Waals surface area (Å²) in [5.41, 5.74) is 7.17. The molecule has 4 heteroatoms. The molecule has 0 saturated carbocycles. The third kappa shape index (κ3) is 2.88. The number of carbonyl (C=O) groups excluding carboxylic acids is 1. The fourth-order valence-electron chi connectivity index (χ4n) is 2.01. The van der Waals surface area contributed by atoms with E-state index in [0.717, 1.165) is 24.3 Å². The molecule has 0 aliphatic heterocycles. The van der Waals surface area contributed by atoms with Crippen molar-refractivity contribution >= 4 is 5.91 Å². The zero-order valence-electron chi connectivity index (χ0n) is 11.2. The van der Waals surface area contributed by atoms with Gasteiger partial charge in [-0.2, -0.15) is 0 Å². The largest absolute Gasteiger partial charge is 0.466 e. The molecule has 0 fully saturated rings. The summed E-state index contributed by atoms with van der Waals surface area (Å²) < 4.78 is 5.49. The van der Waals surface area contributed by atoms with Gasteiger partial charge in [-0.1, -0.05) is 6.92 Å². The SMILES string of the molecule is CCCN(CCN)C(=O)c1c(C)oc(C)c1C. The van der Waals surface area contributed by atoms with Crippen LogP contribution in [0.15, 0.2) is 4.42 Å². The molecule has 96 valence electrons. The number of nitrogens with two attached hydrogens (primary N) is 1. The lowest BCUT2D eigenvalue weighted by Gasteiger charge is -2.21. The first-order chi connectivity index (χ1) is 8.02. The quantitative estimate of drug-likeness (QED) is 0.853. The van der Waals surface area contributed by atoms with Crippen LogP contribution in [0.5, 0.6) is 0 Å². The number of hydrogen-bond donors (Lipinski definition) is 1. The van der Waals surface area contributed by atoms with E-state index in [2.05, 4.69) is 6.92 Å². The average Bonchev–Trinajstić information content (AvgIpc) is 2.52. The van der Waals surface area contributed by atoms with Gasteiger partial charge in [0.05, 0.1) is 5.56 Å². The highest BCUT2D eigenvalue weighted by Crippen LogP contribution is 2.22. The van der Waals surface area contributed by atoms with Crippen LogP contribution in [-0.2, 0) is 0 Å². The molecule has 0 aromatic carbocycles. The molecule has 1 amide bonds. The normalized spacial score (nSPS) is 10.6. The lowest BCUT2D eigenvalue weighted by Crippen LogP contribution is -2.36. The number of hydrogen-bond acceptors (Lipinski definition) is 3. The molecule has 1 heterocycles. The molecular formula is C13H22N2O2. The lowest BCUT2D eigenvalue weighted by molar-refractivity contribution is 0.0758. The number of amides is 1. The summed E-state index contributed by atoms with van der Waals surface area (Å²) >= 11 is 0. The van der Waals surface area contributed by atoms with Crippen molar-refractivity contribution < 1.29 is 9.21 Å². The molecule has 1 aromatic rings. The molecule has 0 atom stereocenters. The fourth-order valence-corrected chi connectivity index (χ4v) is 2.01. The number of nitrogens with zero attached hydrogens (tertiary/aromatic N) is 1. The monoisotopic (exact) mass is 238 g/mol. The van der Waals surface area contributed by atoms with E-state index >= 15 is 0 Å². The Labute approximate surface area is 103 Å². The van der Waals surface area contributed by atoms with Gasteiger partial charge < -0.3 is 15.1 Å². The highest BCUT2D eigenvalue weighted by atomic mass is 16.3. The Hall–Kier alpha value is -1.29. The van der Waals surface area contributed by atoms with Crippen molar-refractivity contribution in [1.29, 1.82) is 0 Å². The maximum Gasteiger partial charge on any atom is 0.257 e. The summed E-state index contributed by atoms with van der Waals surface area (Å²) in [5.74, 6) is 1.54. The summed E-state index contributed by atoms with van der Waals surface area (Å²) in [6.45, 7) is 9.50. The van der Waals surface area contributed by atoms with Crippen LogP contribution in [0.3, 0.4) is 0 Å². The summed E-state index contributed by atoms with van der Waals surface area (Å²) in [7, 11) is 0. The lowest BCUT2D eigenvalue weighted by atomic mass is 10.1. The molecule has 0 unspecified atom stereocenters. The van der Waals surface area contributed by atoms with Gasteiger partial charge in [-0.15, -0.1) is 0 Å². The summed E-state index contributed by atoms with van der Waals surface area (Å²) in [6.07, 6.45) is 0.931. The fraction of sp³-hybridized carbons (Fsp3) is 0.615. The summed E-state index contributed by atoms with van der Waals surface area (Å²) in [4.78, 5) is 14.2. The van der Waals surface area contributed by atoms with E-state index in [1.807, 2.05) is 20.8 Å². The van der Waals surface area contributed by atoms with Crippen molar-refractivity contribution in [1.82, 2.24) is 4.90 Å². The standard InChI is InChI=1S/C13H22N2O2/c1-5-7-15(8-6-14)13(16)12-9(2)10(3)17-11(12)4/h5-8,14H2,1-4H3. The molecule has 0 aliphatic rings. The zero-order valence-corrected chi connectivity index (χ0v) is 11.2. The minimum absolute atomic E-state index is 0.0316. The van der Waals surface area contributed by atoms with Crippen LogP contribution in [0.4, 0.5) is 0 Å². The van der Waals surface area contributed by atoms with Gasteiger partial charge in [0.2, 0.25) is 0 Å². The molecule has 0 bridgehead atoms. The predicted molar refractivity (Wildman–Crippen MR) is 68.2 cm³/mol. The molecule has 2 N–H and O–H groups in total. The highest BCUT2D eigenvalue weighted by Gasteiger charge is 2.22. The minimum atomic E-state index is 0.0316. The zero-order chi connectivity index (χ0) is 13.0. The Morgan fingerprint density at radius 3 is 2.29 bits per heavy atom. The van der Waals surface area contributed by atoms with E-state index in [-0.39, 0.29) is 5.91 Å². The summed E-state index contributed by atoms with van der Waals surface area (Å²) in [6, 6.07) is 0. The molecule has 0 radical (unpaired) electrons. The Kier molecular flexibility index (Phi) is 4.75. The molecule has 17 heavy (non-hydrogen) atoms. The van der Waals surface area contributed by atoms with Crippen molar-refractivity contribution in [2.75, 3.05) is 19.6 Å². The van der Waals surface area contributed by atoms with Crippen LogP contribution in [-0.4, -0.2) is 30.4 Å². The van der Waals surface area contributed by atoms with Gasteiger partial charge >= 0.3 is 0 Å². The maximum atomic E-state index is 12.4. The Bertz CT molecular complexity index is 390. The van der Waals surface area contributed by atoms with Crippen molar-refractivity contribution in [2.24, 2.45) is 5.73 Å². The van der Waals surface area contributed by atoms with Crippen LogP contribution >= 0.6 is 0 Å². The second-order valence-electron chi connectivity index (χ2n) is 4.30. The first kappa shape index (κ1) is 13.8. The smallest absolute Gasteiger partial charge is 0.257 e. The minimum Gasteiger partial charge on any atom is -0.466 e. The molecule has 1 rings (SSSR count). The van der Waals surface area contributed by atoms with Crippen LogP contribution in [0.2, 0.25) is 0 Å². The third-order valence-electron chi connectivity index (χ3n) is 2.95. The van der Waals surface area contributed by atoms with E-state index in [0.29, 0.717) is 24.4 Å². The van der Waals surface area contributed by atoms with Gasteiger partial charge in [0, 0.05) is 25.2 Å². The van der Waals surface area contributed by atoms with Crippen LogP contribution < -0.4 is 5.73 Å². The molecule has 0 saturated heterocycles. The van der Waals surface area contributed by atoms with E-state index < -0.39 is 0 Å². The Morgan fingerprint density at radius 2 is 1.88 bits per heavy atom. The van der Waals surface area contributed by atoms with Gasteiger partial charge in [-0.05, 0) is 27.2 Å². The average molecular weight is 238 g/mol. The maximum absolute atomic E-state index is 12.4. The molecule has 0 spiro atoms. The number of furan rings is 1. The third-order valence-corrected chi connectivity index (χ3v) is 2.95. The number of rotatable bonds is 5. The van der Waals surface area contributed by atoms with E-state index in [1.54, 1.807) is 4.90 Å². The second kappa shape index (κ2) is 5.87. The van der Waals surface area contributed by atoms with E-state index in [1.165, 1.54) is 0 Å². The highest BCUT2D eigenvalue weighted by molar-refractivity contribution is 5.96. The predicted octanol–water partition coefficient (Wildman–Crippen LogP) is 2.02. The van der Waals surface area contributed by atoms with Crippen molar-refractivity contribution in [2.45, 2.75) is 34.1 Å². The summed E-state index contributed by atoms with van der Waals surface area (Å²) in [5, 5.41) is 0. The first-order valence-electron chi connectivity index (χ1n) is 6.08. The van der Waals surface area contributed by atoms with Crippen LogP contribution in [0.1, 0.15) is 40.8 Å². The molecule has 1 aromatic heterocycles. The van der Waals surface area contributed by atoms with Gasteiger partial charge in [0.25, 0.3) is 5.91 Å². The second-order valence-corrected chi connectivity index (χ2v) is 4.30. The molecular weight excluding hydrogens is 216 g/mol. The molecule has 0 aliphatic carbocycles. The van der Waals surface area contributed by atoms with Gasteiger partial charge in [0.15, 0.2) is 0 Å². The van der Waals surface area contributed by atoms with E-state index in [9.17, 15) is 4.79 Å². The number of aryl methyl sites for hydroxylation is 2. The first-order valence-corrected chi connectivity index (χ1v) is 6.08. The van der Waals surface area contributed by atoms with Gasteiger partial charge in [0.1, 0.15) is 11.5 Å². The van der Waals surface area contributed by atoms with Crippen molar-refractivity contribution in [3.8, 4) is 0 Å². The van der Waals surface area contributed by atoms with Gasteiger partial charge in [-0.25, -0.2) is 0 Å². The van der Waals surface area contributed by atoms with Crippen molar-refractivity contribution in [3.05, 3.63) is 22.6 Å². The van der Waals surface area contributed by atoms with Crippen LogP contribution in [0, 0.1) is 20.8 Å². The Balaban J connectivity index is 3.00. The topological polar surface area (TPSA) is 59.5 Å². The molecule has 4 nitrogen and oxygen atoms in total.